The topological polar surface area (TPSA) is 29.1 Å². The van der Waals surface area contributed by atoms with Gasteiger partial charge in [-0.1, -0.05) is 45.0 Å². The predicted octanol–water partition coefficient (Wildman–Crippen LogP) is 3.97. The molecule has 0 unspecified atom stereocenters. The van der Waals surface area contributed by atoms with Crippen LogP contribution in [0.4, 0.5) is 0 Å². The third-order valence-electron chi connectivity index (χ3n) is 2.04. The van der Waals surface area contributed by atoms with E-state index in [-0.39, 0.29) is 5.91 Å². The zero-order chi connectivity index (χ0) is 14.0. The van der Waals surface area contributed by atoms with Gasteiger partial charge in [-0.15, -0.1) is 11.8 Å². The van der Waals surface area contributed by atoms with E-state index in [0.717, 1.165) is 10.5 Å². The summed E-state index contributed by atoms with van der Waals surface area (Å²) in [5.41, 5.74) is 1.44. The molecule has 0 atom stereocenters. The summed E-state index contributed by atoms with van der Waals surface area (Å²) in [6.45, 7) is 10.6. The maximum absolute atomic E-state index is 11.6. The fourth-order valence-corrected chi connectivity index (χ4v) is 1.91. The van der Waals surface area contributed by atoms with Crippen molar-refractivity contribution in [3.63, 3.8) is 0 Å². The van der Waals surface area contributed by atoms with Gasteiger partial charge in [-0.05, 0) is 19.2 Å². The van der Waals surface area contributed by atoms with Crippen LogP contribution in [0.15, 0.2) is 35.7 Å². The van der Waals surface area contributed by atoms with E-state index in [1.54, 1.807) is 11.8 Å². The molecular weight excluding hydrogens is 242 g/mol. The zero-order valence-corrected chi connectivity index (χ0v) is 12.6. The maximum Gasteiger partial charge on any atom is 0.251 e. The molecule has 0 aromatic heterocycles. The SMILES string of the molecule is C=C(C(=O)NCC)c1ccccc1SC.CCC. The van der Waals surface area contributed by atoms with E-state index in [1.807, 2.05) is 37.4 Å². The van der Waals surface area contributed by atoms with Crippen molar-refractivity contribution in [1.29, 1.82) is 0 Å². The van der Waals surface area contributed by atoms with E-state index in [9.17, 15) is 4.79 Å². The van der Waals surface area contributed by atoms with Gasteiger partial charge in [0.15, 0.2) is 0 Å². The molecule has 3 heteroatoms. The zero-order valence-electron chi connectivity index (χ0n) is 11.7. The predicted molar refractivity (Wildman–Crippen MR) is 81.9 cm³/mol. The van der Waals surface area contributed by atoms with Crippen molar-refractivity contribution in [1.82, 2.24) is 5.32 Å². The van der Waals surface area contributed by atoms with Gasteiger partial charge in [0.1, 0.15) is 0 Å². The Labute approximate surface area is 115 Å². The minimum atomic E-state index is -0.0981. The van der Waals surface area contributed by atoms with Gasteiger partial charge in [0.25, 0.3) is 5.91 Å². The van der Waals surface area contributed by atoms with E-state index >= 15 is 0 Å². The highest BCUT2D eigenvalue weighted by atomic mass is 32.2. The summed E-state index contributed by atoms with van der Waals surface area (Å²) in [5, 5.41) is 2.75. The average Bonchev–Trinajstić information content (AvgIpc) is 2.39. The molecular formula is C15H23NOS. The number of amides is 1. The fraction of sp³-hybridized carbons (Fsp3) is 0.400. The lowest BCUT2D eigenvalue weighted by atomic mass is 10.1. The lowest BCUT2D eigenvalue weighted by Crippen LogP contribution is -2.23. The Hall–Kier alpha value is -1.22. The van der Waals surface area contributed by atoms with Crippen molar-refractivity contribution < 1.29 is 4.79 Å². The van der Waals surface area contributed by atoms with Crippen LogP contribution < -0.4 is 5.32 Å². The molecule has 0 aliphatic heterocycles. The quantitative estimate of drug-likeness (QED) is 0.659. The van der Waals surface area contributed by atoms with Gasteiger partial charge in [0.2, 0.25) is 0 Å². The second-order valence-corrected chi connectivity index (χ2v) is 4.59. The molecule has 1 rings (SSSR count). The number of benzene rings is 1. The van der Waals surface area contributed by atoms with Gasteiger partial charge >= 0.3 is 0 Å². The van der Waals surface area contributed by atoms with Crippen LogP contribution in [0.1, 0.15) is 32.8 Å². The van der Waals surface area contributed by atoms with Crippen LogP contribution in [0, 0.1) is 0 Å². The van der Waals surface area contributed by atoms with Crippen LogP contribution in [-0.4, -0.2) is 18.7 Å². The van der Waals surface area contributed by atoms with Crippen molar-refractivity contribution in [3.05, 3.63) is 36.4 Å². The van der Waals surface area contributed by atoms with Crippen molar-refractivity contribution in [2.75, 3.05) is 12.8 Å². The molecule has 0 bridgehead atoms. The van der Waals surface area contributed by atoms with E-state index in [4.69, 9.17) is 0 Å². The summed E-state index contributed by atoms with van der Waals surface area (Å²) in [5.74, 6) is -0.0981. The third kappa shape index (κ3) is 5.41. The van der Waals surface area contributed by atoms with Crippen LogP contribution in [0.2, 0.25) is 0 Å². The summed E-state index contributed by atoms with van der Waals surface area (Å²) in [4.78, 5) is 12.7. The first-order chi connectivity index (χ1) is 8.62. The monoisotopic (exact) mass is 265 g/mol. The van der Waals surface area contributed by atoms with E-state index in [1.165, 1.54) is 6.42 Å². The molecule has 1 N–H and O–H groups in total. The number of rotatable bonds is 4. The van der Waals surface area contributed by atoms with Crippen LogP contribution in [-0.2, 0) is 4.79 Å². The number of thioether (sulfide) groups is 1. The number of likely N-dealkylation sites (N-methyl/N-ethyl adjacent to an activating group) is 1. The summed E-state index contributed by atoms with van der Waals surface area (Å²) in [7, 11) is 0. The minimum absolute atomic E-state index is 0.0981. The van der Waals surface area contributed by atoms with Crippen LogP contribution in [0.5, 0.6) is 0 Å². The van der Waals surface area contributed by atoms with Crippen molar-refractivity contribution in [3.8, 4) is 0 Å². The molecule has 0 radical (unpaired) electrons. The van der Waals surface area contributed by atoms with E-state index in [2.05, 4.69) is 25.7 Å². The lowest BCUT2D eigenvalue weighted by Gasteiger charge is -2.09. The molecule has 0 saturated carbocycles. The van der Waals surface area contributed by atoms with E-state index in [0.29, 0.717) is 12.1 Å². The summed E-state index contributed by atoms with van der Waals surface area (Å²) in [6, 6.07) is 7.79. The second-order valence-electron chi connectivity index (χ2n) is 3.75. The number of nitrogens with one attached hydrogen (secondary N) is 1. The number of carbonyl (C=O) groups is 1. The summed E-state index contributed by atoms with van der Waals surface area (Å²) >= 11 is 1.62. The third-order valence-corrected chi connectivity index (χ3v) is 2.84. The van der Waals surface area contributed by atoms with Crippen LogP contribution >= 0.6 is 11.8 Å². The Bertz CT molecular complexity index is 388. The van der Waals surface area contributed by atoms with Crippen molar-refractivity contribution >= 4 is 23.2 Å². The largest absolute Gasteiger partial charge is 0.352 e. The molecule has 0 saturated heterocycles. The van der Waals surface area contributed by atoms with Gasteiger partial charge < -0.3 is 5.32 Å². The van der Waals surface area contributed by atoms with Gasteiger partial charge in [-0.25, -0.2) is 0 Å². The molecule has 18 heavy (non-hydrogen) atoms. The molecule has 0 fully saturated rings. The first-order valence-corrected chi connectivity index (χ1v) is 7.45. The Morgan fingerprint density at radius 1 is 1.28 bits per heavy atom. The number of hydrogen-bond acceptors (Lipinski definition) is 2. The molecule has 1 amide bonds. The molecule has 1 aromatic rings. The van der Waals surface area contributed by atoms with Gasteiger partial charge in [0.05, 0.1) is 0 Å². The van der Waals surface area contributed by atoms with Gasteiger partial charge in [-0.2, -0.15) is 0 Å². The Morgan fingerprint density at radius 2 is 1.83 bits per heavy atom. The molecule has 1 aromatic carbocycles. The smallest absolute Gasteiger partial charge is 0.251 e. The molecule has 0 aliphatic carbocycles. The first kappa shape index (κ1) is 16.8. The number of hydrogen-bond donors (Lipinski definition) is 1. The van der Waals surface area contributed by atoms with Crippen LogP contribution in [0.25, 0.3) is 5.57 Å². The Balaban J connectivity index is 0.000000873. The van der Waals surface area contributed by atoms with Gasteiger partial charge in [0, 0.05) is 22.6 Å². The van der Waals surface area contributed by atoms with E-state index < -0.39 is 0 Å². The highest BCUT2D eigenvalue weighted by molar-refractivity contribution is 7.98. The second kappa shape index (κ2) is 9.77. The number of carbonyl (C=O) groups excluding carboxylic acids is 1. The molecule has 0 heterocycles. The fourth-order valence-electron chi connectivity index (χ4n) is 1.28. The standard InChI is InChI=1S/C12H15NOS.C3H8/c1-4-13-12(14)9(2)10-7-5-6-8-11(10)15-3;1-3-2/h5-8H,2,4H2,1,3H3,(H,13,14);3H2,1-2H3. The first-order valence-electron chi connectivity index (χ1n) is 6.22. The molecule has 100 valence electrons. The highest BCUT2D eigenvalue weighted by Gasteiger charge is 2.11. The molecule has 0 aliphatic rings. The maximum atomic E-state index is 11.6. The Morgan fingerprint density at radius 3 is 2.33 bits per heavy atom. The highest BCUT2D eigenvalue weighted by Crippen LogP contribution is 2.25. The van der Waals surface area contributed by atoms with Crippen LogP contribution in [0.3, 0.4) is 0 Å². The molecule has 0 spiro atoms. The molecule has 2 nitrogen and oxygen atoms in total. The Kier molecular flexibility index (Phi) is 9.11. The van der Waals surface area contributed by atoms with Crippen molar-refractivity contribution in [2.24, 2.45) is 0 Å². The minimum Gasteiger partial charge on any atom is -0.352 e. The average molecular weight is 265 g/mol. The lowest BCUT2D eigenvalue weighted by molar-refractivity contribution is -0.115. The van der Waals surface area contributed by atoms with Crippen molar-refractivity contribution in [2.45, 2.75) is 32.1 Å². The normalized spacial score (nSPS) is 9.11. The van der Waals surface area contributed by atoms with Gasteiger partial charge in [-0.3, -0.25) is 4.79 Å². The summed E-state index contributed by atoms with van der Waals surface area (Å²) < 4.78 is 0. The summed E-state index contributed by atoms with van der Waals surface area (Å²) in [6.07, 6.45) is 3.24.